The quantitative estimate of drug-likeness (QED) is 0.453. The third-order valence-electron chi connectivity index (χ3n) is 7.83. The van der Waals surface area contributed by atoms with Gasteiger partial charge in [0.1, 0.15) is 11.9 Å². The van der Waals surface area contributed by atoms with Gasteiger partial charge in [-0.05, 0) is 59.0 Å². The first-order valence-corrected chi connectivity index (χ1v) is 14.3. The topological polar surface area (TPSA) is 23.8 Å². The smallest absolute Gasteiger partial charge is 0.141 e. The van der Waals surface area contributed by atoms with Crippen molar-refractivity contribution < 1.29 is 4.39 Å². The van der Waals surface area contributed by atoms with E-state index in [9.17, 15) is 4.39 Å². The minimum atomic E-state index is -0.558. The lowest BCUT2D eigenvalue weighted by molar-refractivity contribution is 0.332. The summed E-state index contributed by atoms with van der Waals surface area (Å²) in [7, 11) is -0.558. The van der Waals surface area contributed by atoms with Crippen LogP contribution in [0.2, 0.25) is 17.6 Å². The number of halogens is 1. The normalized spacial score (nSPS) is 26.8. The number of nitriles is 1. The molecule has 0 unspecified atom stereocenters. The third kappa shape index (κ3) is 4.86. The van der Waals surface area contributed by atoms with E-state index >= 15 is 0 Å². The Bertz CT molecular complexity index is 869. The zero-order chi connectivity index (χ0) is 20.9. The summed E-state index contributed by atoms with van der Waals surface area (Å²) in [6, 6.07) is 18.5. The zero-order valence-electron chi connectivity index (χ0n) is 18.2. The summed E-state index contributed by atoms with van der Waals surface area (Å²) in [5, 5.41) is 8.91. The van der Waals surface area contributed by atoms with Gasteiger partial charge in [0.25, 0.3) is 0 Å². The second-order valence-electron chi connectivity index (χ2n) is 9.61. The van der Waals surface area contributed by atoms with Crippen molar-refractivity contribution in [2.24, 2.45) is 5.92 Å². The molecule has 1 aliphatic carbocycles. The van der Waals surface area contributed by atoms with Crippen molar-refractivity contribution in [1.82, 2.24) is 0 Å². The molecule has 1 heterocycles. The van der Waals surface area contributed by atoms with Gasteiger partial charge in [-0.2, -0.15) is 5.26 Å². The van der Waals surface area contributed by atoms with E-state index in [-0.39, 0.29) is 5.56 Å². The van der Waals surface area contributed by atoms with Crippen molar-refractivity contribution in [3.05, 3.63) is 59.4 Å². The lowest BCUT2D eigenvalue weighted by atomic mass is 9.86. The number of hydrogen-bond acceptors (Lipinski definition) is 1. The Labute approximate surface area is 182 Å². The van der Waals surface area contributed by atoms with E-state index < -0.39 is 14.6 Å². The van der Waals surface area contributed by atoms with Gasteiger partial charge >= 0.3 is 0 Å². The highest BCUT2D eigenvalue weighted by Gasteiger charge is 2.32. The predicted molar refractivity (Wildman–Crippen MR) is 126 cm³/mol. The molecule has 2 fully saturated rings. The Morgan fingerprint density at radius 1 is 0.933 bits per heavy atom. The van der Waals surface area contributed by atoms with Gasteiger partial charge in [0, 0.05) is 8.80 Å². The standard InChI is InChI=1S/C27H34FNSi/c1-2-3-20-4-12-26(13-5-20)30-16-14-23(15-17-30)21-6-8-22(9-7-21)24-10-11-25(19-29)27(28)18-24/h6-11,18,20,23,26,30H,2-5,12-17H2,1H3/t20?,23-,26?,30-. The molecule has 1 nitrogen and oxygen atoms in total. The summed E-state index contributed by atoms with van der Waals surface area (Å²) in [5.41, 5.74) is 4.54. The average Bonchev–Trinajstić information content (AvgIpc) is 2.80. The Kier molecular flexibility index (Phi) is 7.05. The van der Waals surface area contributed by atoms with Crippen LogP contribution in [0.25, 0.3) is 11.1 Å². The van der Waals surface area contributed by atoms with Crippen LogP contribution >= 0.6 is 0 Å². The largest absolute Gasteiger partial charge is 0.206 e. The minimum absolute atomic E-state index is 0.107. The average molecular weight is 420 g/mol. The molecular weight excluding hydrogens is 385 g/mol. The molecule has 2 aliphatic rings. The van der Waals surface area contributed by atoms with Gasteiger partial charge in [-0.25, -0.2) is 4.39 Å². The van der Waals surface area contributed by atoms with E-state index in [1.54, 1.807) is 6.07 Å². The predicted octanol–water partition coefficient (Wildman–Crippen LogP) is 7.83. The minimum Gasteiger partial charge on any atom is -0.206 e. The molecule has 158 valence electrons. The molecule has 0 atom stereocenters. The van der Waals surface area contributed by atoms with Crippen molar-refractivity contribution in [2.45, 2.75) is 81.8 Å². The van der Waals surface area contributed by atoms with Crippen LogP contribution in [0.3, 0.4) is 0 Å². The van der Waals surface area contributed by atoms with Gasteiger partial charge in [-0.3, -0.25) is 0 Å². The number of benzene rings is 2. The maximum Gasteiger partial charge on any atom is 0.141 e. The fraction of sp³-hybridized carbons (Fsp3) is 0.519. The van der Waals surface area contributed by atoms with Gasteiger partial charge in [-0.15, -0.1) is 0 Å². The molecule has 2 aromatic rings. The van der Waals surface area contributed by atoms with E-state index in [2.05, 4.69) is 31.2 Å². The Balaban J connectivity index is 1.32. The fourth-order valence-electron chi connectivity index (χ4n) is 6.01. The van der Waals surface area contributed by atoms with Gasteiger partial charge in [-0.1, -0.05) is 87.9 Å². The lowest BCUT2D eigenvalue weighted by Crippen LogP contribution is -2.29. The number of rotatable bonds is 5. The molecule has 30 heavy (non-hydrogen) atoms. The first kappa shape index (κ1) is 21.3. The summed E-state index contributed by atoms with van der Waals surface area (Å²) < 4.78 is 13.9. The zero-order valence-corrected chi connectivity index (χ0v) is 19.4. The van der Waals surface area contributed by atoms with Crippen LogP contribution in [0.5, 0.6) is 0 Å². The van der Waals surface area contributed by atoms with Crippen molar-refractivity contribution in [3.8, 4) is 17.2 Å². The molecule has 4 rings (SSSR count). The highest BCUT2D eigenvalue weighted by atomic mass is 28.3. The Morgan fingerprint density at radius 2 is 1.60 bits per heavy atom. The lowest BCUT2D eigenvalue weighted by Gasteiger charge is -2.37. The molecule has 0 bridgehead atoms. The van der Waals surface area contributed by atoms with Crippen LogP contribution in [0.15, 0.2) is 42.5 Å². The van der Waals surface area contributed by atoms with Gasteiger partial charge in [0.2, 0.25) is 0 Å². The molecule has 1 saturated carbocycles. The molecule has 2 aromatic carbocycles. The van der Waals surface area contributed by atoms with Crippen LogP contribution < -0.4 is 0 Å². The van der Waals surface area contributed by atoms with Crippen LogP contribution in [0, 0.1) is 23.1 Å². The van der Waals surface area contributed by atoms with Crippen molar-refractivity contribution in [2.75, 3.05) is 0 Å². The molecule has 0 radical (unpaired) electrons. The summed E-state index contributed by atoms with van der Waals surface area (Å²) in [4.78, 5) is 0. The maximum atomic E-state index is 13.9. The molecule has 3 heteroatoms. The van der Waals surface area contributed by atoms with Crippen LogP contribution in [0.1, 0.15) is 75.3 Å². The highest BCUT2D eigenvalue weighted by molar-refractivity contribution is 6.60. The summed E-state index contributed by atoms with van der Waals surface area (Å²) >= 11 is 0. The van der Waals surface area contributed by atoms with Crippen molar-refractivity contribution in [3.63, 3.8) is 0 Å². The van der Waals surface area contributed by atoms with E-state index in [1.165, 1.54) is 75.1 Å². The van der Waals surface area contributed by atoms with Crippen LogP contribution in [0.4, 0.5) is 4.39 Å². The van der Waals surface area contributed by atoms with E-state index in [0.717, 1.165) is 22.6 Å². The van der Waals surface area contributed by atoms with Crippen molar-refractivity contribution in [1.29, 1.82) is 5.26 Å². The maximum absolute atomic E-state index is 13.9. The second-order valence-corrected chi connectivity index (χ2v) is 13.2. The SMILES string of the molecule is CCCC1CCC([Si@H]2CC[C@H](c3ccc(-c4ccc(C#N)c(F)c4)cc3)CC2)CC1. The molecular formula is C27H34FNSi. The Morgan fingerprint density at radius 3 is 2.20 bits per heavy atom. The van der Waals surface area contributed by atoms with Gasteiger partial charge < -0.3 is 0 Å². The van der Waals surface area contributed by atoms with E-state index in [4.69, 9.17) is 5.26 Å². The number of hydrogen-bond donors (Lipinski definition) is 0. The Hall–Kier alpha value is -1.92. The van der Waals surface area contributed by atoms with E-state index in [1.807, 2.05) is 12.1 Å². The highest BCUT2D eigenvalue weighted by Crippen LogP contribution is 2.44. The first-order valence-electron chi connectivity index (χ1n) is 12.0. The third-order valence-corrected chi connectivity index (χ3v) is 12.0. The molecule has 0 amide bonds. The van der Waals surface area contributed by atoms with Crippen LogP contribution in [-0.2, 0) is 0 Å². The van der Waals surface area contributed by atoms with Crippen molar-refractivity contribution >= 4 is 8.80 Å². The van der Waals surface area contributed by atoms with Gasteiger partial charge in [0.05, 0.1) is 5.56 Å². The summed E-state index contributed by atoms with van der Waals surface area (Å²) in [6.45, 7) is 2.33. The first-order chi connectivity index (χ1) is 14.7. The molecule has 1 aliphatic heterocycles. The molecule has 0 spiro atoms. The molecule has 1 saturated heterocycles. The molecule has 0 aromatic heterocycles. The number of nitrogens with zero attached hydrogens (tertiary/aromatic N) is 1. The monoisotopic (exact) mass is 419 g/mol. The fourth-order valence-corrected chi connectivity index (χ4v) is 10.2. The molecule has 0 N–H and O–H groups in total. The summed E-state index contributed by atoms with van der Waals surface area (Å²) in [5.74, 6) is 1.29. The summed E-state index contributed by atoms with van der Waals surface area (Å²) in [6.07, 6.45) is 11.6. The van der Waals surface area contributed by atoms with Gasteiger partial charge in [0.15, 0.2) is 0 Å². The van der Waals surface area contributed by atoms with Crippen LogP contribution in [-0.4, -0.2) is 8.80 Å². The van der Waals surface area contributed by atoms with E-state index in [0.29, 0.717) is 5.92 Å². The second kappa shape index (κ2) is 9.92.